The van der Waals surface area contributed by atoms with Crippen molar-refractivity contribution in [1.82, 2.24) is 10.2 Å². The molecule has 1 atom stereocenters. The Bertz CT molecular complexity index is 734. The van der Waals surface area contributed by atoms with E-state index in [1.165, 1.54) is 17.7 Å². The summed E-state index contributed by atoms with van der Waals surface area (Å²) in [4.78, 5) is 14.1. The molecule has 0 aliphatic rings. The van der Waals surface area contributed by atoms with Gasteiger partial charge in [0.25, 0.3) is 5.91 Å². The molecule has 0 unspecified atom stereocenters. The lowest BCUT2D eigenvalue weighted by atomic mass is 9.87. The number of nitrogens with zero attached hydrogens (tertiary/aromatic N) is 1. The number of amides is 1. The standard InChI is InChI=1S/C22H29FN2O2/c1-22(2,3)17-8-12-19(13-9-17)27-15-21(26)24-14-20(25(4)5)16-6-10-18(23)11-7-16/h6-13,20H,14-15H2,1-5H3,(H,24,26)/t20-/m0/s1. The molecule has 1 N–H and O–H groups in total. The maximum Gasteiger partial charge on any atom is 0.258 e. The van der Waals surface area contributed by atoms with Crippen molar-refractivity contribution in [2.45, 2.75) is 32.2 Å². The van der Waals surface area contributed by atoms with Gasteiger partial charge in [0.1, 0.15) is 11.6 Å². The molecule has 0 heterocycles. The zero-order chi connectivity index (χ0) is 20.0. The van der Waals surface area contributed by atoms with Gasteiger partial charge in [0.15, 0.2) is 6.61 Å². The number of ether oxygens (including phenoxy) is 1. The fraction of sp³-hybridized carbons (Fsp3) is 0.409. The van der Waals surface area contributed by atoms with E-state index in [-0.39, 0.29) is 29.8 Å². The highest BCUT2D eigenvalue weighted by Gasteiger charge is 2.16. The highest BCUT2D eigenvalue weighted by Crippen LogP contribution is 2.24. The van der Waals surface area contributed by atoms with E-state index in [0.717, 1.165) is 5.56 Å². The minimum absolute atomic E-state index is 0.0411. The smallest absolute Gasteiger partial charge is 0.258 e. The lowest BCUT2D eigenvalue weighted by molar-refractivity contribution is -0.123. The zero-order valence-electron chi connectivity index (χ0n) is 16.8. The number of carbonyl (C=O) groups is 1. The van der Waals surface area contributed by atoms with Gasteiger partial charge in [-0.15, -0.1) is 0 Å². The minimum atomic E-state index is -0.272. The van der Waals surface area contributed by atoms with Crippen molar-refractivity contribution in [3.05, 3.63) is 65.5 Å². The number of halogens is 1. The molecule has 4 nitrogen and oxygen atoms in total. The van der Waals surface area contributed by atoms with Crippen LogP contribution in [0, 0.1) is 5.82 Å². The van der Waals surface area contributed by atoms with Gasteiger partial charge < -0.3 is 15.0 Å². The van der Waals surface area contributed by atoms with Gasteiger partial charge in [-0.3, -0.25) is 4.79 Å². The molecular weight excluding hydrogens is 343 g/mol. The summed E-state index contributed by atoms with van der Waals surface area (Å²) in [5.74, 6) is 0.205. The van der Waals surface area contributed by atoms with Gasteiger partial charge in [-0.2, -0.15) is 0 Å². The molecule has 1 amide bonds. The first-order valence-electron chi connectivity index (χ1n) is 9.09. The molecule has 0 aromatic heterocycles. The van der Waals surface area contributed by atoms with Crippen LogP contribution in [0.4, 0.5) is 4.39 Å². The van der Waals surface area contributed by atoms with E-state index in [1.54, 1.807) is 12.1 Å². The normalized spacial score (nSPS) is 12.7. The lowest BCUT2D eigenvalue weighted by Crippen LogP contribution is -2.36. The van der Waals surface area contributed by atoms with Crippen molar-refractivity contribution in [2.75, 3.05) is 27.2 Å². The molecular formula is C22H29FN2O2. The van der Waals surface area contributed by atoms with Crippen molar-refractivity contribution < 1.29 is 13.9 Å². The van der Waals surface area contributed by atoms with Gasteiger partial charge in [-0.05, 0) is 54.9 Å². The van der Waals surface area contributed by atoms with Gasteiger partial charge in [0.05, 0.1) is 6.04 Å². The number of nitrogens with one attached hydrogen (secondary N) is 1. The van der Waals surface area contributed by atoms with Gasteiger partial charge >= 0.3 is 0 Å². The number of benzene rings is 2. The highest BCUT2D eigenvalue weighted by atomic mass is 19.1. The second kappa shape index (κ2) is 9.00. The Balaban J connectivity index is 1.86. The lowest BCUT2D eigenvalue weighted by Gasteiger charge is -2.25. The summed E-state index contributed by atoms with van der Waals surface area (Å²) >= 11 is 0. The fourth-order valence-electron chi connectivity index (χ4n) is 2.75. The third-order valence-corrected chi connectivity index (χ3v) is 4.46. The molecule has 0 radical (unpaired) electrons. The Morgan fingerprint density at radius 1 is 1.07 bits per heavy atom. The molecule has 0 aliphatic carbocycles. The third kappa shape index (κ3) is 6.36. The molecule has 0 aliphatic heterocycles. The quantitative estimate of drug-likeness (QED) is 0.801. The molecule has 27 heavy (non-hydrogen) atoms. The molecule has 0 spiro atoms. The average molecular weight is 372 g/mol. The average Bonchev–Trinajstić information content (AvgIpc) is 2.61. The van der Waals surface area contributed by atoms with Crippen molar-refractivity contribution in [2.24, 2.45) is 0 Å². The van der Waals surface area contributed by atoms with Crippen LogP contribution in [0.2, 0.25) is 0 Å². The van der Waals surface area contributed by atoms with Crippen LogP contribution in [0.3, 0.4) is 0 Å². The molecule has 0 saturated heterocycles. The summed E-state index contributed by atoms with van der Waals surface area (Å²) in [5, 5.41) is 2.88. The summed E-state index contributed by atoms with van der Waals surface area (Å²) in [5.41, 5.74) is 2.24. The number of rotatable bonds is 7. The van der Waals surface area contributed by atoms with E-state index < -0.39 is 0 Å². The molecule has 0 saturated carbocycles. The Hall–Kier alpha value is -2.40. The molecule has 146 valence electrons. The van der Waals surface area contributed by atoms with Gasteiger partial charge in [0.2, 0.25) is 0 Å². The molecule has 0 fully saturated rings. The topological polar surface area (TPSA) is 41.6 Å². The molecule has 0 bridgehead atoms. The van der Waals surface area contributed by atoms with Crippen LogP contribution >= 0.6 is 0 Å². The number of carbonyl (C=O) groups excluding carboxylic acids is 1. The summed E-state index contributed by atoms with van der Waals surface area (Å²) in [6.07, 6.45) is 0. The Labute approximate surface area is 161 Å². The largest absolute Gasteiger partial charge is 0.484 e. The first kappa shape index (κ1) is 20.9. The highest BCUT2D eigenvalue weighted by molar-refractivity contribution is 5.77. The van der Waals surface area contributed by atoms with E-state index in [2.05, 4.69) is 26.1 Å². The Morgan fingerprint density at radius 2 is 1.67 bits per heavy atom. The predicted molar refractivity (Wildman–Crippen MR) is 106 cm³/mol. The number of hydrogen-bond acceptors (Lipinski definition) is 3. The van der Waals surface area contributed by atoms with Crippen molar-refractivity contribution >= 4 is 5.91 Å². The number of hydrogen-bond donors (Lipinski definition) is 1. The molecule has 5 heteroatoms. The zero-order valence-corrected chi connectivity index (χ0v) is 16.8. The minimum Gasteiger partial charge on any atom is -0.484 e. The molecule has 2 aromatic carbocycles. The van der Waals surface area contributed by atoms with Crippen LogP contribution in [-0.4, -0.2) is 38.1 Å². The van der Waals surface area contributed by atoms with Crippen molar-refractivity contribution in [3.8, 4) is 5.75 Å². The van der Waals surface area contributed by atoms with Crippen LogP contribution in [0.5, 0.6) is 5.75 Å². The summed E-state index contributed by atoms with van der Waals surface area (Å²) in [7, 11) is 3.85. The van der Waals surface area contributed by atoms with E-state index in [9.17, 15) is 9.18 Å². The fourth-order valence-corrected chi connectivity index (χ4v) is 2.75. The van der Waals surface area contributed by atoms with E-state index in [1.807, 2.05) is 43.3 Å². The van der Waals surface area contributed by atoms with Crippen LogP contribution < -0.4 is 10.1 Å². The maximum absolute atomic E-state index is 13.1. The van der Waals surface area contributed by atoms with Gasteiger partial charge in [0, 0.05) is 6.54 Å². The van der Waals surface area contributed by atoms with Crippen LogP contribution in [-0.2, 0) is 10.2 Å². The first-order valence-corrected chi connectivity index (χ1v) is 9.09. The first-order chi connectivity index (χ1) is 12.7. The van der Waals surface area contributed by atoms with Crippen LogP contribution in [0.1, 0.15) is 37.9 Å². The third-order valence-electron chi connectivity index (χ3n) is 4.46. The Kier molecular flexibility index (Phi) is 6.97. The summed E-state index contributed by atoms with van der Waals surface area (Å²) in [6, 6.07) is 14.1. The summed E-state index contributed by atoms with van der Waals surface area (Å²) in [6.45, 7) is 6.83. The second-order valence-electron chi connectivity index (χ2n) is 7.90. The van der Waals surface area contributed by atoms with E-state index in [4.69, 9.17) is 4.74 Å². The molecule has 2 rings (SSSR count). The summed E-state index contributed by atoms with van der Waals surface area (Å²) < 4.78 is 18.7. The second-order valence-corrected chi connectivity index (χ2v) is 7.90. The monoisotopic (exact) mass is 372 g/mol. The maximum atomic E-state index is 13.1. The van der Waals surface area contributed by atoms with Crippen LogP contribution in [0.15, 0.2) is 48.5 Å². The predicted octanol–water partition coefficient (Wildman–Crippen LogP) is 3.92. The van der Waals surface area contributed by atoms with E-state index in [0.29, 0.717) is 12.3 Å². The van der Waals surface area contributed by atoms with Gasteiger partial charge in [-0.25, -0.2) is 4.39 Å². The van der Waals surface area contributed by atoms with Crippen molar-refractivity contribution in [3.63, 3.8) is 0 Å². The SMILES string of the molecule is CN(C)[C@@H](CNC(=O)COc1ccc(C(C)(C)C)cc1)c1ccc(F)cc1. The van der Waals surface area contributed by atoms with Crippen molar-refractivity contribution in [1.29, 1.82) is 0 Å². The van der Waals surface area contributed by atoms with Crippen LogP contribution in [0.25, 0.3) is 0 Å². The van der Waals surface area contributed by atoms with E-state index >= 15 is 0 Å². The van der Waals surface area contributed by atoms with Gasteiger partial charge in [-0.1, -0.05) is 45.0 Å². The Morgan fingerprint density at radius 3 is 2.19 bits per heavy atom. The molecule has 2 aromatic rings. The number of likely N-dealkylation sites (N-methyl/N-ethyl adjacent to an activating group) is 1.